The lowest BCUT2D eigenvalue weighted by Crippen LogP contribution is -2.44. The van der Waals surface area contributed by atoms with Crippen molar-refractivity contribution < 1.29 is 8.78 Å². The molecular formula is C19H28F2IN7. The van der Waals surface area contributed by atoms with E-state index in [1.807, 2.05) is 16.4 Å². The van der Waals surface area contributed by atoms with Crippen LogP contribution in [0.1, 0.15) is 26.2 Å². The van der Waals surface area contributed by atoms with Crippen molar-refractivity contribution in [1.29, 1.82) is 0 Å². The van der Waals surface area contributed by atoms with Crippen molar-refractivity contribution in [2.24, 2.45) is 4.99 Å². The van der Waals surface area contributed by atoms with Crippen LogP contribution in [0.4, 0.5) is 14.5 Å². The molecule has 0 bridgehead atoms. The zero-order valence-electron chi connectivity index (χ0n) is 16.5. The molecule has 1 aromatic heterocycles. The Morgan fingerprint density at radius 1 is 1.24 bits per heavy atom. The van der Waals surface area contributed by atoms with Crippen molar-refractivity contribution in [2.75, 3.05) is 31.1 Å². The van der Waals surface area contributed by atoms with Gasteiger partial charge in [0.25, 0.3) is 0 Å². The number of rotatable bonds is 8. The molecule has 0 spiro atoms. The van der Waals surface area contributed by atoms with E-state index >= 15 is 0 Å². The second-order valence-electron chi connectivity index (χ2n) is 6.84. The zero-order chi connectivity index (χ0) is 19.8. The molecule has 0 amide bonds. The summed E-state index contributed by atoms with van der Waals surface area (Å²) in [7, 11) is 0. The monoisotopic (exact) mass is 519 g/mol. The molecule has 10 heteroatoms. The molecule has 7 nitrogen and oxygen atoms in total. The van der Waals surface area contributed by atoms with Gasteiger partial charge in [0.05, 0.1) is 5.69 Å². The number of aryl methyl sites for hydroxylation is 1. The van der Waals surface area contributed by atoms with Crippen LogP contribution >= 0.6 is 24.0 Å². The van der Waals surface area contributed by atoms with E-state index in [2.05, 4.69) is 25.8 Å². The number of aliphatic imine (C=N–C) groups is 1. The van der Waals surface area contributed by atoms with E-state index < -0.39 is 11.6 Å². The number of benzene rings is 1. The molecule has 3 rings (SSSR count). The summed E-state index contributed by atoms with van der Waals surface area (Å²) >= 11 is 0. The van der Waals surface area contributed by atoms with Crippen molar-refractivity contribution in [3.63, 3.8) is 0 Å². The van der Waals surface area contributed by atoms with Gasteiger partial charge in [-0.2, -0.15) is 0 Å². The standard InChI is InChI=1S/C19H27F2N7.HI/c1-2-22-19(23-8-3-4-9-27-13-24-25-14-27)26-16-7-10-28(12-16)18-6-5-15(20)11-17(18)21;/h5-6,11,13-14,16H,2-4,7-10,12H2,1H3,(H2,22,23,26);1H. The second-order valence-corrected chi connectivity index (χ2v) is 6.84. The van der Waals surface area contributed by atoms with E-state index in [-0.39, 0.29) is 30.0 Å². The van der Waals surface area contributed by atoms with Crippen molar-refractivity contribution in [2.45, 2.75) is 38.8 Å². The number of aromatic nitrogens is 3. The van der Waals surface area contributed by atoms with Gasteiger partial charge >= 0.3 is 0 Å². The predicted octanol–water partition coefficient (Wildman–Crippen LogP) is 2.79. The van der Waals surface area contributed by atoms with Gasteiger partial charge in [0.2, 0.25) is 0 Å². The van der Waals surface area contributed by atoms with Crippen LogP contribution in [-0.2, 0) is 6.54 Å². The third-order valence-corrected chi connectivity index (χ3v) is 4.68. The van der Waals surface area contributed by atoms with E-state index in [0.29, 0.717) is 12.2 Å². The third-order valence-electron chi connectivity index (χ3n) is 4.68. The molecule has 0 saturated carbocycles. The minimum atomic E-state index is -0.555. The van der Waals surface area contributed by atoms with E-state index in [1.54, 1.807) is 12.7 Å². The third kappa shape index (κ3) is 7.09. The van der Waals surface area contributed by atoms with Crippen LogP contribution in [0.25, 0.3) is 0 Å². The van der Waals surface area contributed by atoms with Gasteiger partial charge in [0.1, 0.15) is 24.3 Å². The minimum Gasteiger partial charge on any atom is -0.367 e. The van der Waals surface area contributed by atoms with Gasteiger partial charge in [-0.05, 0) is 38.3 Å². The maximum atomic E-state index is 14.0. The van der Waals surface area contributed by atoms with Crippen LogP contribution in [0.3, 0.4) is 0 Å². The van der Waals surface area contributed by atoms with Gasteiger partial charge in [-0.1, -0.05) is 0 Å². The molecule has 1 aromatic carbocycles. The lowest BCUT2D eigenvalue weighted by atomic mass is 10.2. The minimum absolute atomic E-state index is 0. The predicted molar refractivity (Wildman–Crippen MR) is 121 cm³/mol. The summed E-state index contributed by atoms with van der Waals surface area (Å²) in [6.07, 6.45) is 6.26. The molecule has 1 fully saturated rings. The molecule has 2 N–H and O–H groups in total. The second kappa shape index (κ2) is 11.9. The SMILES string of the molecule is CCNC(=NCCCCn1cnnc1)NC1CCN(c2ccc(F)cc2F)C1.I. The van der Waals surface area contributed by atoms with Crippen LogP contribution in [0.15, 0.2) is 35.8 Å². The summed E-state index contributed by atoms with van der Waals surface area (Å²) in [5, 5.41) is 14.3. The summed E-state index contributed by atoms with van der Waals surface area (Å²) in [6.45, 7) is 5.78. The van der Waals surface area contributed by atoms with Crippen molar-refractivity contribution >= 4 is 35.6 Å². The smallest absolute Gasteiger partial charge is 0.191 e. The molecule has 1 aliphatic heterocycles. The Kier molecular flexibility index (Phi) is 9.55. The first-order chi connectivity index (χ1) is 13.7. The fraction of sp³-hybridized carbons (Fsp3) is 0.526. The Hall–Kier alpha value is -1.98. The van der Waals surface area contributed by atoms with Crippen LogP contribution in [-0.4, -0.2) is 52.9 Å². The van der Waals surface area contributed by atoms with Gasteiger partial charge in [0, 0.05) is 44.8 Å². The molecule has 1 saturated heterocycles. The Morgan fingerprint density at radius 2 is 2.03 bits per heavy atom. The Morgan fingerprint density at radius 3 is 2.76 bits per heavy atom. The number of guanidine groups is 1. The normalized spacial score (nSPS) is 16.6. The van der Waals surface area contributed by atoms with Crippen LogP contribution in [0.5, 0.6) is 0 Å². The molecule has 2 heterocycles. The highest BCUT2D eigenvalue weighted by atomic mass is 127. The maximum Gasteiger partial charge on any atom is 0.191 e. The maximum absolute atomic E-state index is 14.0. The van der Waals surface area contributed by atoms with Crippen LogP contribution in [0, 0.1) is 11.6 Å². The first kappa shape index (κ1) is 23.3. The summed E-state index contributed by atoms with van der Waals surface area (Å²) in [4.78, 5) is 6.57. The number of nitrogens with zero attached hydrogens (tertiary/aromatic N) is 5. The number of hydrogen-bond donors (Lipinski definition) is 2. The first-order valence-electron chi connectivity index (χ1n) is 9.73. The quantitative estimate of drug-likeness (QED) is 0.243. The average molecular weight is 519 g/mol. The van der Waals surface area contributed by atoms with Gasteiger partial charge in [-0.15, -0.1) is 34.2 Å². The lowest BCUT2D eigenvalue weighted by molar-refractivity contribution is 0.580. The largest absolute Gasteiger partial charge is 0.367 e. The number of nitrogens with one attached hydrogen (secondary N) is 2. The van der Waals surface area contributed by atoms with Gasteiger partial charge < -0.3 is 20.1 Å². The average Bonchev–Trinajstić information content (AvgIpc) is 3.34. The van der Waals surface area contributed by atoms with Gasteiger partial charge in [0.15, 0.2) is 5.96 Å². The van der Waals surface area contributed by atoms with Gasteiger partial charge in [-0.3, -0.25) is 4.99 Å². The number of hydrogen-bond acceptors (Lipinski definition) is 4. The summed E-state index contributed by atoms with van der Waals surface area (Å²) in [5.41, 5.74) is 0.446. The molecule has 29 heavy (non-hydrogen) atoms. The van der Waals surface area contributed by atoms with Crippen molar-refractivity contribution in [3.8, 4) is 0 Å². The molecule has 2 aromatic rings. The van der Waals surface area contributed by atoms with Crippen molar-refractivity contribution in [3.05, 3.63) is 42.5 Å². The highest BCUT2D eigenvalue weighted by Crippen LogP contribution is 2.24. The zero-order valence-corrected chi connectivity index (χ0v) is 18.9. The Bertz CT molecular complexity index is 770. The molecule has 1 aliphatic rings. The molecule has 160 valence electrons. The molecule has 1 unspecified atom stereocenters. The molecule has 1 atom stereocenters. The van der Waals surface area contributed by atoms with Crippen LogP contribution in [0.2, 0.25) is 0 Å². The fourth-order valence-electron chi connectivity index (χ4n) is 3.28. The number of unbranched alkanes of at least 4 members (excludes halogenated alkanes) is 1. The summed E-state index contributed by atoms with van der Waals surface area (Å²) in [6, 6.07) is 3.90. The van der Waals surface area contributed by atoms with Gasteiger partial charge in [-0.25, -0.2) is 8.78 Å². The molecular weight excluding hydrogens is 491 g/mol. The summed E-state index contributed by atoms with van der Waals surface area (Å²) in [5.74, 6) is -0.298. The highest BCUT2D eigenvalue weighted by molar-refractivity contribution is 14.0. The fourth-order valence-corrected chi connectivity index (χ4v) is 3.28. The summed E-state index contributed by atoms with van der Waals surface area (Å²) < 4.78 is 29.1. The van der Waals surface area contributed by atoms with E-state index in [4.69, 9.17) is 0 Å². The highest BCUT2D eigenvalue weighted by Gasteiger charge is 2.25. The molecule has 0 radical (unpaired) electrons. The number of halogens is 3. The van der Waals surface area contributed by atoms with Crippen LogP contribution < -0.4 is 15.5 Å². The van der Waals surface area contributed by atoms with E-state index in [1.165, 1.54) is 12.1 Å². The first-order valence-corrected chi connectivity index (χ1v) is 9.73. The van der Waals surface area contributed by atoms with E-state index in [0.717, 1.165) is 57.5 Å². The van der Waals surface area contributed by atoms with E-state index in [9.17, 15) is 8.78 Å². The topological polar surface area (TPSA) is 70.4 Å². The van der Waals surface area contributed by atoms with Crippen molar-refractivity contribution in [1.82, 2.24) is 25.4 Å². The lowest BCUT2D eigenvalue weighted by Gasteiger charge is -2.21. The molecule has 0 aliphatic carbocycles. The Balaban J connectivity index is 0.00000300. The number of anilines is 1. The Labute approximate surface area is 187 Å².